The van der Waals surface area contributed by atoms with Crippen molar-refractivity contribution < 1.29 is 23.8 Å². The van der Waals surface area contributed by atoms with E-state index in [-0.39, 0.29) is 18.3 Å². The molecule has 0 aliphatic carbocycles. The van der Waals surface area contributed by atoms with Crippen LogP contribution in [0.1, 0.15) is 22.2 Å². The van der Waals surface area contributed by atoms with Gasteiger partial charge >= 0.3 is 0 Å². The summed E-state index contributed by atoms with van der Waals surface area (Å²) in [6, 6.07) is 17.4. The largest absolute Gasteiger partial charge is 0.497 e. The Morgan fingerprint density at radius 2 is 1.70 bits per heavy atom. The Bertz CT molecular complexity index is 1090. The van der Waals surface area contributed by atoms with Gasteiger partial charge in [-0.2, -0.15) is 0 Å². The maximum absolute atomic E-state index is 13.0. The molecule has 0 fully saturated rings. The second-order valence-corrected chi connectivity index (χ2v) is 8.07. The van der Waals surface area contributed by atoms with E-state index in [2.05, 4.69) is 10.6 Å². The highest BCUT2D eigenvalue weighted by molar-refractivity contribution is 7.10. The van der Waals surface area contributed by atoms with Crippen LogP contribution < -0.4 is 24.8 Å². The van der Waals surface area contributed by atoms with Gasteiger partial charge in [0, 0.05) is 10.4 Å². The molecule has 0 bridgehead atoms. The Labute approximate surface area is 197 Å². The standard InChI is InChI=1S/C25H26N2O5S/c1-17(16-32-23-9-5-4-8-22(23)31-3)26-25(29)21(15-20-7-6-14-33-20)27-24(28)18-10-12-19(30-2)13-11-18/h4-15,17H,16H2,1-3H3,(H,26,29)(H,27,28)/b21-15-/t17-/m0/s1. The fourth-order valence-electron chi connectivity index (χ4n) is 2.91. The Morgan fingerprint density at radius 1 is 0.970 bits per heavy atom. The third kappa shape index (κ3) is 6.85. The summed E-state index contributed by atoms with van der Waals surface area (Å²) in [5, 5.41) is 7.49. The zero-order chi connectivity index (χ0) is 23.6. The number of carbonyl (C=O) groups excluding carboxylic acids is 2. The maximum Gasteiger partial charge on any atom is 0.268 e. The highest BCUT2D eigenvalue weighted by Gasteiger charge is 2.18. The monoisotopic (exact) mass is 466 g/mol. The first-order valence-electron chi connectivity index (χ1n) is 10.3. The number of methoxy groups -OCH3 is 2. The Kier molecular flexibility index (Phi) is 8.49. The van der Waals surface area contributed by atoms with Crippen molar-refractivity contribution in [3.05, 3.63) is 82.2 Å². The second kappa shape index (κ2) is 11.7. The SMILES string of the molecule is COc1ccc(C(=O)N/C(=C\c2cccs2)C(=O)N[C@@H](C)COc2ccccc2OC)cc1. The summed E-state index contributed by atoms with van der Waals surface area (Å²) < 4.78 is 16.2. The molecule has 0 unspecified atom stereocenters. The molecule has 0 saturated carbocycles. The molecule has 33 heavy (non-hydrogen) atoms. The summed E-state index contributed by atoms with van der Waals surface area (Å²) in [6.07, 6.45) is 1.65. The highest BCUT2D eigenvalue weighted by Crippen LogP contribution is 2.25. The van der Waals surface area contributed by atoms with E-state index in [0.717, 1.165) is 4.88 Å². The molecule has 3 aromatic rings. The predicted octanol–water partition coefficient (Wildman–Crippen LogP) is 4.12. The molecule has 0 radical (unpaired) electrons. The van der Waals surface area contributed by atoms with Crippen LogP contribution in [0.4, 0.5) is 0 Å². The Balaban J connectivity index is 1.68. The van der Waals surface area contributed by atoms with E-state index in [9.17, 15) is 9.59 Å². The van der Waals surface area contributed by atoms with Crippen LogP contribution in [0.5, 0.6) is 17.2 Å². The third-order valence-electron chi connectivity index (χ3n) is 4.61. The van der Waals surface area contributed by atoms with E-state index in [1.54, 1.807) is 56.7 Å². The minimum Gasteiger partial charge on any atom is -0.497 e. The van der Waals surface area contributed by atoms with Gasteiger partial charge in [-0.05, 0) is 60.8 Å². The average Bonchev–Trinajstić information content (AvgIpc) is 3.35. The molecule has 1 atom stereocenters. The molecule has 172 valence electrons. The molecule has 2 amide bonds. The molecule has 7 nitrogen and oxygen atoms in total. The number of thiophene rings is 1. The fourth-order valence-corrected chi connectivity index (χ4v) is 3.56. The van der Waals surface area contributed by atoms with E-state index < -0.39 is 11.8 Å². The smallest absolute Gasteiger partial charge is 0.268 e. The lowest BCUT2D eigenvalue weighted by Gasteiger charge is -2.18. The van der Waals surface area contributed by atoms with E-state index in [1.807, 2.05) is 36.6 Å². The molecule has 0 aliphatic heterocycles. The Morgan fingerprint density at radius 3 is 2.33 bits per heavy atom. The van der Waals surface area contributed by atoms with Crippen LogP contribution in [0.2, 0.25) is 0 Å². The van der Waals surface area contributed by atoms with Crippen LogP contribution in [0.3, 0.4) is 0 Å². The summed E-state index contributed by atoms with van der Waals surface area (Å²) in [5.74, 6) is 1.03. The van der Waals surface area contributed by atoms with E-state index >= 15 is 0 Å². The number of ether oxygens (including phenoxy) is 3. The third-order valence-corrected chi connectivity index (χ3v) is 5.43. The number of carbonyl (C=O) groups is 2. The van der Waals surface area contributed by atoms with Gasteiger partial charge in [0.2, 0.25) is 0 Å². The van der Waals surface area contributed by atoms with Crippen molar-refractivity contribution in [2.45, 2.75) is 13.0 Å². The average molecular weight is 467 g/mol. The highest BCUT2D eigenvalue weighted by atomic mass is 32.1. The molecule has 2 aromatic carbocycles. The van der Waals surface area contributed by atoms with Crippen LogP contribution in [0, 0.1) is 0 Å². The summed E-state index contributed by atoms with van der Waals surface area (Å²) in [7, 11) is 3.13. The van der Waals surface area contributed by atoms with Crippen molar-refractivity contribution in [3.8, 4) is 17.2 Å². The van der Waals surface area contributed by atoms with Crippen molar-refractivity contribution >= 4 is 29.2 Å². The lowest BCUT2D eigenvalue weighted by Crippen LogP contribution is -2.41. The van der Waals surface area contributed by atoms with Crippen molar-refractivity contribution in [2.75, 3.05) is 20.8 Å². The first-order chi connectivity index (χ1) is 16.0. The summed E-state index contributed by atoms with van der Waals surface area (Å²) in [6.45, 7) is 2.05. The van der Waals surface area contributed by atoms with Crippen LogP contribution in [0.25, 0.3) is 6.08 Å². The first kappa shape index (κ1) is 23.9. The van der Waals surface area contributed by atoms with E-state index in [1.165, 1.54) is 11.3 Å². The van der Waals surface area contributed by atoms with Crippen molar-refractivity contribution in [2.24, 2.45) is 0 Å². The number of nitrogens with one attached hydrogen (secondary N) is 2. The van der Waals surface area contributed by atoms with E-state index in [0.29, 0.717) is 22.8 Å². The summed E-state index contributed by atoms with van der Waals surface area (Å²) in [5.41, 5.74) is 0.552. The van der Waals surface area contributed by atoms with Crippen LogP contribution in [0.15, 0.2) is 71.7 Å². The van der Waals surface area contributed by atoms with Crippen molar-refractivity contribution in [1.29, 1.82) is 0 Å². The lowest BCUT2D eigenvalue weighted by molar-refractivity contribution is -0.118. The predicted molar refractivity (Wildman–Crippen MR) is 129 cm³/mol. The zero-order valence-corrected chi connectivity index (χ0v) is 19.5. The number of para-hydroxylation sites is 2. The molecular formula is C25H26N2O5S. The lowest BCUT2D eigenvalue weighted by atomic mass is 10.2. The van der Waals surface area contributed by atoms with Gasteiger partial charge in [0.15, 0.2) is 11.5 Å². The number of rotatable bonds is 10. The topological polar surface area (TPSA) is 85.9 Å². The number of amides is 2. The molecular weight excluding hydrogens is 440 g/mol. The molecule has 1 heterocycles. The summed E-state index contributed by atoms with van der Waals surface area (Å²) >= 11 is 1.46. The molecule has 3 rings (SSSR count). The molecule has 1 aromatic heterocycles. The van der Waals surface area contributed by atoms with Crippen LogP contribution in [-0.2, 0) is 4.79 Å². The quantitative estimate of drug-likeness (QED) is 0.439. The first-order valence-corrected chi connectivity index (χ1v) is 11.2. The Hall–Kier alpha value is -3.78. The van der Waals surface area contributed by atoms with Gasteiger partial charge in [0.05, 0.1) is 20.3 Å². The number of hydrogen-bond acceptors (Lipinski definition) is 6. The van der Waals surface area contributed by atoms with Crippen molar-refractivity contribution in [3.63, 3.8) is 0 Å². The molecule has 0 aliphatic rings. The van der Waals surface area contributed by atoms with Gasteiger partial charge in [-0.15, -0.1) is 11.3 Å². The maximum atomic E-state index is 13.0. The fraction of sp³-hybridized carbons (Fsp3) is 0.200. The van der Waals surface area contributed by atoms with Gasteiger partial charge in [-0.1, -0.05) is 18.2 Å². The van der Waals surface area contributed by atoms with Crippen LogP contribution >= 0.6 is 11.3 Å². The number of hydrogen-bond donors (Lipinski definition) is 2. The normalized spacial score (nSPS) is 11.9. The number of benzene rings is 2. The summed E-state index contributed by atoms with van der Waals surface area (Å²) in [4.78, 5) is 26.6. The van der Waals surface area contributed by atoms with E-state index in [4.69, 9.17) is 14.2 Å². The van der Waals surface area contributed by atoms with Gasteiger partial charge in [-0.3, -0.25) is 9.59 Å². The van der Waals surface area contributed by atoms with Gasteiger partial charge in [-0.25, -0.2) is 0 Å². The molecule has 0 spiro atoms. The molecule has 2 N–H and O–H groups in total. The minimum absolute atomic E-state index is 0.141. The van der Waals surface area contributed by atoms with Crippen molar-refractivity contribution in [1.82, 2.24) is 10.6 Å². The van der Waals surface area contributed by atoms with Crippen LogP contribution in [-0.4, -0.2) is 38.7 Å². The second-order valence-electron chi connectivity index (χ2n) is 7.09. The van der Waals surface area contributed by atoms with Gasteiger partial charge in [0.1, 0.15) is 18.1 Å². The molecule has 0 saturated heterocycles. The minimum atomic E-state index is -0.415. The van der Waals surface area contributed by atoms with Gasteiger partial charge in [0.25, 0.3) is 11.8 Å². The zero-order valence-electron chi connectivity index (χ0n) is 18.7. The molecule has 8 heteroatoms. The van der Waals surface area contributed by atoms with Gasteiger partial charge < -0.3 is 24.8 Å².